The third kappa shape index (κ3) is 3.01. The van der Waals surface area contributed by atoms with Crippen LogP contribution in [-0.4, -0.2) is 18.3 Å². The molecule has 0 aliphatic carbocycles. The predicted molar refractivity (Wildman–Crippen MR) is 90.2 cm³/mol. The lowest BCUT2D eigenvalue weighted by molar-refractivity contribution is 0.309. The van der Waals surface area contributed by atoms with Crippen molar-refractivity contribution in [3.05, 3.63) is 59.7 Å². The van der Waals surface area contributed by atoms with Gasteiger partial charge in [-0.2, -0.15) is 0 Å². The van der Waals surface area contributed by atoms with Crippen molar-refractivity contribution in [1.29, 1.82) is 0 Å². The first kappa shape index (κ1) is 14.3. The molecule has 0 saturated carbocycles. The van der Waals surface area contributed by atoms with Gasteiger partial charge in [0.1, 0.15) is 11.6 Å². The average molecular weight is 293 g/mol. The molecule has 2 aromatic rings. The molecule has 112 valence electrons. The van der Waals surface area contributed by atoms with Crippen molar-refractivity contribution in [3.8, 4) is 5.75 Å². The highest BCUT2D eigenvalue weighted by Gasteiger charge is 2.18. The van der Waals surface area contributed by atoms with Gasteiger partial charge in [0.15, 0.2) is 5.84 Å². The number of amidine groups is 2. The van der Waals surface area contributed by atoms with Crippen LogP contribution < -0.4 is 10.5 Å². The molecule has 3 rings (SSSR count). The molecule has 1 heterocycles. The van der Waals surface area contributed by atoms with Crippen molar-refractivity contribution in [2.45, 2.75) is 19.8 Å². The standard InChI is InChI=1S/C18H19N3O/c1-2-3-12-22-14-10-8-13(9-11-14)20-18-16-7-5-4-6-15(16)17(19)21-18/h4-11H,2-3,12H2,1H3,(H2,19,20,21). The van der Waals surface area contributed by atoms with Crippen molar-refractivity contribution in [2.75, 3.05) is 6.61 Å². The molecule has 0 unspecified atom stereocenters. The smallest absolute Gasteiger partial charge is 0.162 e. The monoisotopic (exact) mass is 293 g/mol. The molecule has 1 aliphatic rings. The number of unbranched alkanes of at least 4 members (excludes halogenated alkanes) is 1. The van der Waals surface area contributed by atoms with Gasteiger partial charge in [-0.3, -0.25) is 0 Å². The Labute approximate surface area is 130 Å². The summed E-state index contributed by atoms with van der Waals surface area (Å²) in [5.74, 6) is 2.05. The van der Waals surface area contributed by atoms with E-state index in [2.05, 4.69) is 16.9 Å². The van der Waals surface area contributed by atoms with Gasteiger partial charge in [0, 0.05) is 11.1 Å². The van der Waals surface area contributed by atoms with Crippen LogP contribution in [0.1, 0.15) is 30.9 Å². The summed E-state index contributed by atoms with van der Waals surface area (Å²) in [6.07, 6.45) is 2.19. The molecule has 2 aromatic carbocycles. The quantitative estimate of drug-likeness (QED) is 0.855. The molecule has 0 spiro atoms. The van der Waals surface area contributed by atoms with Crippen LogP contribution in [0, 0.1) is 0 Å². The van der Waals surface area contributed by atoms with E-state index in [0.29, 0.717) is 11.7 Å². The number of hydrogen-bond donors (Lipinski definition) is 1. The topological polar surface area (TPSA) is 60.0 Å². The van der Waals surface area contributed by atoms with Crippen LogP contribution in [0.5, 0.6) is 5.75 Å². The number of nitrogens with zero attached hydrogens (tertiary/aromatic N) is 2. The average Bonchev–Trinajstić information content (AvgIpc) is 2.86. The highest BCUT2D eigenvalue weighted by Crippen LogP contribution is 2.23. The summed E-state index contributed by atoms with van der Waals surface area (Å²) in [5.41, 5.74) is 8.69. The summed E-state index contributed by atoms with van der Waals surface area (Å²) < 4.78 is 5.65. The zero-order chi connectivity index (χ0) is 15.4. The third-order valence-electron chi connectivity index (χ3n) is 3.51. The van der Waals surface area contributed by atoms with E-state index in [1.54, 1.807) is 0 Å². The molecule has 0 atom stereocenters. The van der Waals surface area contributed by atoms with Gasteiger partial charge in [-0.25, -0.2) is 9.98 Å². The van der Waals surface area contributed by atoms with Gasteiger partial charge in [-0.1, -0.05) is 37.6 Å². The van der Waals surface area contributed by atoms with Crippen LogP contribution in [0.3, 0.4) is 0 Å². The second kappa shape index (κ2) is 6.43. The fraction of sp³-hybridized carbons (Fsp3) is 0.222. The van der Waals surface area contributed by atoms with Gasteiger partial charge >= 0.3 is 0 Å². The van der Waals surface area contributed by atoms with E-state index in [9.17, 15) is 0 Å². The Kier molecular flexibility index (Phi) is 4.19. The molecule has 0 fully saturated rings. The molecular formula is C18H19N3O. The molecule has 4 heteroatoms. The van der Waals surface area contributed by atoms with Gasteiger partial charge in [-0.05, 0) is 30.7 Å². The molecule has 4 nitrogen and oxygen atoms in total. The van der Waals surface area contributed by atoms with Crippen molar-refractivity contribution >= 4 is 17.4 Å². The number of aliphatic imine (C=N–C) groups is 2. The Morgan fingerprint density at radius 2 is 1.77 bits per heavy atom. The van der Waals surface area contributed by atoms with Gasteiger partial charge in [-0.15, -0.1) is 0 Å². The summed E-state index contributed by atoms with van der Waals surface area (Å²) in [5, 5.41) is 0. The van der Waals surface area contributed by atoms with Crippen molar-refractivity contribution in [3.63, 3.8) is 0 Å². The van der Waals surface area contributed by atoms with E-state index < -0.39 is 0 Å². The maximum absolute atomic E-state index is 5.93. The normalized spacial score (nSPS) is 14.8. The Hall–Kier alpha value is -2.62. The molecule has 0 saturated heterocycles. The van der Waals surface area contributed by atoms with Crippen LogP contribution >= 0.6 is 0 Å². The molecular weight excluding hydrogens is 274 g/mol. The number of nitrogens with two attached hydrogens (primary N) is 1. The van der Waals surface area contributed by atoms with E-state index in [0.717, 1.165) is 42.0 Å². The van der Waals surface area contributed by atoms with Gasteiger partial charge in [0.2, 0.25) is 0 Å². The predicted octanol–water partition coefficient (Wildman–Crippen LogP) is 3.66. The number of hydrogen-bond acceptors (Lipinski definition) is 3. The minimum atomic E-state index is 0.522. The zero-order valence-corrected chi connectivity index (χ0v) is 12.6. The summed E-state index contributed by atoms with van der Waals surface area (Å²) in [4.78, 5) is 8.93. The van der Waals surface area contributed by atoms with Crippen molar-refractivity contribution < 1.29 is 4.74 Å². The van der Waals surface area contributed by atoms with Gasteiger partial charge in [0.25, 0.3) is 0 Å². The Morgan fingerprint density at radius 1 is 1.05 bits per heavy atom. The first-order chi connectivity index (χ1) is 10.8. The summed E-state index contributed by atoms with van der Waals surface area (Å²) >= 11 is 0. The van der Waals surface area contributed by atoms with Gasteiger partial charge in [0.05, 0.1) is 12.3 Å². The summed E-state index contributed by atoms with van der Waals surface area (Å²) in [7, 11) is 0. The highest BCUT2D eigenvalue weighted by molar-refractivity contribution is 6.22. The van der Waals surface area contributed by atoms with Crippen LogP contribution in [0.25, 0.3) is 0 Å². The van der Waals surface area contributed by atoms with E-state index >= 15 is 0 Å². The van der Waals surface area contributed by atoms with E-state index in [4.69, 9.17) is 10.5 Å². The van der Waals surface area contributed by atoms with Crippen LogP contribution in [0.15, 0.2) is 58.5 Å². The number of fused-ring (bicyclic) bond motifs is 1. The fourth-order valence-corrected chi connectivity index (χ4v) is 2.29. The zero-order valence-electron chi connectivity index (χ0n) is 12.6. The minimum Gasteiger partial charge on any atom is -0.494 e. The Morgan fingerprint density at radius 3 is 2.50 bits per heavy atom. The lowest BCUT2D eigenvalue weighted by Crippen LogP contribution is -2.09. The maximum atomic E-state index is 5.93. The number of ether oxygens (including phenoxy) is 1. The molecule has 0 aromatic heterocycles. The molecule has 22 heavy (non-hydrogen) atoms. The molecule has 2 N–H and O–H groups in total. The van der Waals surface area contributed by atoms with Crippen LogP contribution in [-0.2, 0) is 0 Å². The SMILES string of the molecule is CCCCOc1ccc(N=C2N=C(N)c3ccccc32)cc1. The van der Waals surface area contributed by atoms with E-state index in [1.165, 1.54) is 0 Å². The van der Waals surface area contributed by atoms with Crippen LogP contribution in [0.2, 0.25) is 0 Å². The van der Waals surface area contributed by atoms with E-state index in [-0.39, 0.29) is 0 Å². The lowest BCUT2D eigenvalue weighted by atomic mass is 10.1. The first-order valence-corrected chi connectivity index (χ1v) is 7.53. The maximum Gasteiger partial charge on any atom is 0.162 e. The number of benzene rings is 2. The van der Waals surface area contributed by atoms with Gasteiger partial charge < -0.3 is 10.5 Å². The van der Waals surface area contributed by atoms with Crippen LogP contribution in [0.4, 0.5) is 5.69 Å². The molecule has 1 aliphatic heterocycles. The number of rotatable bonds is 5. The molecule has 0 radical (unpaired) electrons. The fourth-order valence-electron chi connectivity index (χ4n) is 2.29. The molecule has 0 bridgehead atoms. The second-order valence-electron chi connectivity index (χ2n) is 5.17. The molecule has 0 amide bonds. The van der Waals surface area contributed by atoms with Crippen molar-refractivity contribution in [2.24, 2.45) is 15.7 Å². The summed E-state index contributed by atoms with van der Waals surface area (Å²) in [6.45, 7) is 2.90. The highest BCUT2D eigenvalue weighted by atomic mass is 16.5. The first-order valence-electron chi connectivity index (χ1n) is 7.53. The van der Waals surface area contributed by atoms with Crippen molar-refractivity contribution in [1.82, 2.24) is 0 Å². The minimum absolute atomic E-state index is 0.522. The van der Waals surface area contributed by atoms with E-state index in [1.807, 2.05) is 48.5 Å². The Balaban J connectivity index is 1.79. The third-order valence-corrected chi connectivity index (χ3v) is 3.51. The largest absolute Gasteiger partial charge is 0.494 e. The second-order valence-corrected chi connectivity index (χ2v) is 5.17. The lowest BCUT2D eigenvalue weighted by Gasteiger charge is -2.05. The Bertz CT molecular complexity index is 717. The summed E-state index contributed by atoms with van der Waals surface area (Å²) in [6, 6.07) is 15.6.